The Morgan fingerprint density at radius 2 is 1.94 bits per heavy atom. The average Bonchev–Trinajstić information content (AvgIpc) is 2.14. The van der Waals surface area contributed by atoms with E-state index in [1.807, 2.05) is 52.0 Å². The monoisotopic (exact) mass is 236 g/mol. The number of para-hydroxylation sites is 1. The van der Waals surface area contributed by atoms with Gasteiger partial charge in [-0.2, -0.15) is 0 Å². The Hall–Kier alpha value is -1.71. The van der Waals surface area contributed by atoms with E-state index in [0.29, 0.717) is 5.69 Å². The van der Waals surface area contributed by atoms with Gasteiger partial charge in [-0.25, -0.2) is 4.79 Å². The third kappa shape index (κ3) is 4.34. The molecule has 94 valence electrons. The van der Waals surface area contributed by atoms with Gasteiger partial charge < -0.3 is 15.8 Å². The molecule has 0 bridgehead atoms. The summed E-state index contributed by atoms with van der Waals surface area (Å²) >= 11 is 0. The van der Waals surface area contributed by atoms with Gasteiger partial charge in [0.05, 0.1) is 6.04 Å². The van der Waals surface area contributed by atoms with Crippen molar-refractivity contribution in [1.29, 1.82) is 0 Å². The number of nitrogen functional groups attached to an aromatic ring is 1. The van der Waals surface area contributed by atoms with Crippen LogP contribution in [-0.2, 0) is 4.74 Å². The maximum absolute atomic E-state index is 11.6. The number of amides is 1. The first kappa shape index (κ1) is 13.4. The first-order valence-electron chi connectivity index (χ1n) is 5.63. The standard InChI is InChI=1S/C13H20N2O2/c1-9(10-7-5-6-8-11(10)14)15-12(16)17-13(2,3)4/h5-9H,14H2,1-4H3,(H,15,16)/t9-/m0/s1. The van der Waals surface area contributed by atoms with Crippen molar-refractivity contribution in [2.75, 3.05) is 5.73 Å². The zero-order valence-electron chi connectivity index (χ0n) is 10.8. The van der Waals surface area contributed by atoms with Crippen LogP contribution in [0.1, 0.15) is 39.3 Å². The van der Waals surface area contributed by atoms with Crippen LogP contribution in [0.15, 0.2) is 24.3 Å². The fraction of sp³-hybridized carbons (Fsp3) is 0.462. The third-order valence-corrected chi connectivity index (χ3v) is 2.20. The third-order valence-electron chi connectivity index (χ3n) is 2.20. The number of nitrogens with two attached hydrogens (primary N) is 1. The lowest BCUT2D eigenvalue weighted by molar-refractivity contribution is 0.0508. The van der Waals surface area contributed by atoms with Crippen LogP contribution in [0.5, 0.6) is 0 Å². The summed E-state index contributed by atoms with van der Waals surface area (Å²) in [5.74, 6) is 0. The number of ether oxygens (including phenoxy) is 1. The summed E-state index contributed by atoms with van der Waals surface area (Å²) in [5.41, 5.74) is 6.89. The molecule has 4 nitrogen and oxygen atoms in total. The molecule has 0 saturated heterocycles. The van der Waals surface area contributed by atoms with E-state index in [1.54, 1.807) is 0 Å². The normalized spacial score (nSPS) is 12.9. The highest BCUT2D eigenvalue weighted by molar-refractivity contribution is 5.69. The molecule has 0 aromatic heterocycles. The Labute approximate surface area is 102 Å². The van der Waals surface area contributed by atoms with Gasteiger partial charge in [-0.1, -0.05) is 18.2 Å². The molecule has 4 heteroatoms. The lowest BCUT2D eigenvalue weighted by Gasteiger charge is -2.22. The second kappa shape index (κ2) is 5.08. The first-order valence-corrected chi connectivity index (χ1v) is 5.63. The van der Waals surface area contributed by atoms with Gasteiger partial charge in [-0.05, 0) is 39.3 Å². The smallest absolute Gasteiger partial charge is 0.408 e. The molecular formula is C13H20N2O2. The lowest BCUT2D eigenvalue weighted by Crippen LogP contribution is -2.34. The van der Waals surface area contributed by atoms with E-state index in [1.165, 1.54) is 0 Å². The maximum Gasteiger partial charge on any atom is 0.408 e. The molecule has 0 aliphatic carbocycles. The van der Waals surface area contributed by atoms with Crippen LogP contribution in [0.4, 0.5) is 10.5 Å². The molecule has 0 radical (unpaired) electrons. The van der Waals surface area contributed by atoms with Crippen LogP contribution < -0.4 is 11.1 Å². The van der Waals surface area contributed by atoms with E-state index in [-0.39, 0.29) is 6.04 Å². The number of nitrogens with one attached hydrogen (secondary N) is 1. The number of hydrogen-bond acceptors (Lipinski definition) is 3. The molecule has 0 heterocycles. The molecule has 0 aliphatic heterocycles. The van der Waals surface area contributed by atoms with Gasteiger partial charge in [-0.15, -0.1) is 0 Å². The number of benzene rings is 1. The summed E-state index contributed by atoms with van der Waals surface area (Å²) in [4.78, 5) is 11.6. The summed E-state index contributed by atoms with van der Waals surface area (Å²) in [7, 11) is 0. The highest BCUT2D eigenvalue weighted by Crippen LogP contribution is 2.19. The fourth-order valence-corrected chi connectivity index (χ4v) is 1.47. The first-order chi connectivity index (χ1) is 7.79. The van der Waals surface area contributed by atoms with Crippen LogP contribution in [0, 0.1) is 0 Å². The molecule has 0 fully saturated rings. The van der Waals surface area contributed by atoms with E-state index < -0.39 is 11.7 Å². The highest BCUT2D eigenvalue weighted by Gasteiger charge is 2.18. The minimum atomic E-state index is -0.494. The number of anilines is 1. The molecular weight excluding hydrogens is 216 g/mol. The van der Waals surface area contributed by atoms with Gasteiger partial charge in [0.2, 0.25) is 0 Å². The van der Waals surface area contributed by atoms with Crippen LogP contribution in [-0.4, -0.2) is 11.7 Å². The molecule has 1 rings (SSSR count). The van der Waals surface area contributed by atoms with Gasteiger partial charge in [0.25, 0.3) is 0 Å². The Morgan fingerprint density at radius 3 is 2.47 bits per heavy atom. The average molecular weight is 236 g/mol. The maximum atomic E-state index is 11.6. The number of alkyl carbamates (subject to hydrolysis) is 1. The summed E-state index contributed by atoms with van der Waals surface area (Å²) in [5, 5.41) is 2.75. The van der Waals surface area contributed by atoms with E-state index in [2.05, 4.69) is 5.32 Å². The predicted octanol–water partition coefficient (Wildman–Crippen LogP) is 2.85. The highest BCUT2D eigenvalue weighted by atomic mass is 16.6. The van der Waals surface area contributed by atoms with Crippen LogP contribution in [0.2, 0.25) is 0 Å². The van der Waals surface area contributed by atoms with Crippen molar-refractivity contribution >= 4 is 11.8 Å². The summed E-state index contributed by atoms with van der Waals surface area (Å²) in [6.07, 6.45) is -0.437. The Balaban J connectivity index is 2.64. The van der Waals surface area contributed by atoms with Gasteiger partial charge >= 0.3 is 6.09 Å². The molecule has 1 amide bonds. The number of rotatable bonds is 2. The van der Waals surface area contributed by atoms with Gasteiger partial charge in [0.15, 0.2) is 0 Å². The Kier molecular flexibility index (Phi) is 3.99. The SMILES string of the molecule is C[C@H](NC(=O)OC(C)(C)C)c1ccccc1N. The molecule has 0 spiro atoms. The van der Waals surface area contributed by atoms with Crippen molar-refractivity contribution in [3.8, 4) is 0 Å². The van der Waals surface area contributed by atoms with E-state index in [9.17, 15) is 4.79 Å². The molecule has 1 aromatic rings. The van der Waals surface area contributed by atoms with Crippen molar-refractivity contribution in [3.05, 3.63) is 29.8 Å². The minimum absolute atomic E-state index is 0.175. The zero-order chi connectivity index (χ0) is 13.1. The Morgan fingerprint density at radius 1 is 1.35 bits per heavy atom. The van der Waals surface area contributed by atoms with Crippen molar-refractivity contribution in [2.45, 2.75) is 39.3 Å². The van der Waals surface area contributed by atoms with E-state index >= 15 is 0 Å². The zero-order valence-corrected chi connectivity index (χ0v) is 10.8. The van der Waals surface area contributed by atoms with E-state index in [4.69, 9.17) is 10.5 Å². The topological polar surface area (TPSA) is 64.3 Å². The van der Waals surface area contributed by atoms with Crippen molar-refractivity contribution in [1.82, 2.24) is 5.32 Å². The fourth-order valence-electron chi connectivity index (χ4n) is 1.47. The molecule has 17 heavy (non-hydrogen) atoms. The van der Waals surface area contributed by atoms with Crippen molar-refractivity contribution in [3.63, 3.8) is 0 Å². The van der Waals surface area contributed by atoms with Gasteiger partial charge in [-0.3, -0.25) is 0 Å². The van der Waals surface area contributed by atoms with Gasteiger partial charge in [0.1, 0.15) is 5.60 Å². The van der Waals surface area contributed by atoms with Crippen molar-refractivity contribution < 1.29 is 9.53 Å². The van der Waals surface area contributed by atoms with Crippen LogP contribution in [0.3, 0.4) is 0 Å². The van der Waals surface area contributed by atoms with E-state index in [0.717, 1.165) is 5.56 Å². The molecule has 0 aliphatic rings. The lowest BCUT2D eigenvalue weighted by atomic mass is 10.1. The number of hydrogen-bond donors (Lipinski definition) is 2. The van der Waals surface area contributed by atoms with Crippen molar-refractivity contribution in [2.24, 2.45) is 0 Å². The quantitative estimate of drug-likeness (QED) is 0.776. The second-order valence-electron chi connectivity index (χ2n) is 5.00. The molecule has 0 unspecified atom stereocenters. The number of carbonyl (C=O) groups is 1. The van der Waals surface area contributed by atoms with Gasteiger partial charge in [0, 0.05) is 5.69 Å². The summed E-state index contributed by atoms with van der Waals surface area (Å²) in [6.45, 7) is 7.35. The largest absolute Gasteiger partial charge is 0.444 e. The summed E-state index contributed by atoms with van der Waals surface area (Å²) < 4.78 is 5.18. The van der Waals surface area contributed by atoms with Crippen LogP contribution >= 0.6 is 0 Å². The second-order valence-corrected chi connectivity index (χ2v) is 5.00. The van der Waals surface area contributed by atoms with Crippen LogP contribution in [0.25, 0.3) is 0 Å². The molecule has 0 saturated carbocycles. The Bertz CT molecular complexity index is 397. The number of carbonyl (C=O) groups excluding carboxylic acids is 1. The molecule has 1 aromatic carbocycles. The summed E-state index contributed by atoms with van der Waals surface area (Å²) in [6, 6.07) is 7.27. The molecule has 1 atom stereocenters. The molecule has 3 N–H and O–H groups in total. The minimum Gasteiger partial charge on any atom is -0.444 e. The predicted molar refractivity (Wildman–Crippen MR) is 68.6 cm³/mol.